The number of hydrogen-bond donors (Lipinski definition) is 2. The molecule has 0 amide bonds. The first kappa shape index (κ1) is 12.1. The second kappa shape index (κ2) is 6.42. The van der Waals surface area contributed by atoms with Crippen molar-refractivity contribution in [1.29, 1.82) is 0 Å². The van der Waals surface area contributed by atoms with Gasteiger partial charge in [0.1, 0.15) is 5.82 Å². The van der Waals surface area contributed by atoms with Gasteiger partial charge in [0.05, 0.1) is 25.1 Å². The molecule has 1 aliphatic heterocycles. The number of hydrogen-bond acceptors (Lipinski definition) is 5. The van der Waals surface area contributed by atoms with Crippen molar-refractivity contribution in [3.8, 4) is 0 Å². The van der Waals surface area contributed by atoms with Gasteiger partial charge in [-0.1, -0.05) is 0 Å². The quantitative estimate of drug-likeness (QED) is 0.740. The van der Waals surface area contributed by atoms with Gasteiger partial charge in [-0.25, -0.2) is 4.98 Å². The summed E-state index contributed by atoms with van der Waals surface area (Å²) in [7, 11) is 0. The van der Waals surface area contributed by atoms with Crippen molar-refractivity contribution < 1.29 is 4.74 Å². The van der Waals surface area contributed by atoms with Gasteiger partial charge in [-0.2, -0.15) is 0 Å². The average Bonchev–Trinajstić information content (AvgIpc) is 2.38. The fraction of sp³-hybridized carbons (Fsp3) is 0.583. The number of nitrogens with two attached hydrogens (primary N) is 1. The predicted molar refractivity (Wildman–Crippen MR) is 69.0 cm³/mol. The van der Waals surface area contributed by atoms with Crippen LogP contribution in [0.25, 0.3) is 0 Å². The summed E-state index contributed by atoms with van der Waals surface area (Å²) in [6, 6.07) is 3.77. The van der Waals surface area contributed by atoms with Crippen LogP contribution in [0.5, 0.6) is 0 Å². The molecule has 1 saturated heterocycles. The van der Waals surface area contributed by atoms with Gasteiger partial charge in [0.15, 0.2) is 0 Å². The van der Waals surface area contributed by atoms with Crippen LogP contribution in [-0.2, 0) is 4.74 Å². The number of ether oxygens (including phenoxy) is 1. The number of pyridine rings is 1. The van der Waals surface area contributed by atoms with E-state index < -0.39 is 0 Å². The number of morpholine rings is 1. The van der Waals surface area contributed by atoms with Crippen molar-refractivity contribution in [2.45, 2.75) is 6.42 Å². The lowest BCUT2D eigenvalue weighted by Crippen LogP contribution is -2.37. The van der Waals surface area contributed by atoms with Crippen molar-refractivity contribution in [2.75, 3.05) is 50.4 Å². The summed E-state index contributed by atoms with van der Waals surface area (Å²) in [5.74, 6) is 0.559. The number of nitrogens with one attached hydrogen (secondary N) is 1. The van der Waals surface area contributed by atoms with E-state index in [2.05, 4.69) is 15.2 Å². The van der Waals surface area contributed by atoms with E-state index in [1.54, 1.807) is 6.20 Å². The van der Waals surface area contributed by atoms with E-state index in [0.29, 0.717) is 5.82 Å². The van der Waals surface area contributed by atoms with E-state index in [-0.39, 0.29) is 0 Å². The Kier molecular flexibility index (Phi) is 4.58. The first-order valence-corrected chi connectivity index (χ1v) is 6.10. The lowest BCUT2D eigenvalue weighted by molar-refractivity contribution is 0.0378. The fourth-order valence-electron chi connectivity index (χ4n) is 1.87. The third-order valence-electron chi connectivity index (χ3n) is 2.87. The first-order valence-electron chi connectivity index (χ1n) is 6.10. The molecule has 0 bridgehead atoms. The zero-order valence-corrected chi connectivity index (χ0v) is 10.1. The van der Waals surface area contributed by atoms with Crippen LogP contribution in [-0.4, -0.2) is 49.3 Å². The van der Waals surface area contributed by atoms with Crippen molar-refractivity contribution in [3.63, 3.8) is 0 Å². The number of aromatic nitrogens is 1. The van der Waals surface area contributed by atoms with Crippen LogP contribution in [0, 0.1) is 0 Å². The molecule has 94 valence electrons. The Morgan fingerprint density at radius 3 is 2.88 bits per heavy atom. The average molecular weight is 236 g/mol. The summed E-state index contributed by atoms with van der Waals surface area (Å²) >= 11 is 0. The lowest BCUT2D eigenvalue weighted by Gasteiger charge is -2.26. The molecule has 5 heteroatoms. The SMILES string of the molecule is Nc1ccc(NCCCN2CCOCC2)cn1. The molecular weight excluding hydrogens is 216 g/mol. The van der Waals surface area contributed by atoms with Crippen LogP contribution in [0.15, 0.2) is 18.3 Å². The molecule has 1 aliphatic rings. The molecule has 0 spiro atoms. The highest BCUT2D eigenvalue weighted by molar-refractivity contribution is 5.45. The largest absolute Gasteiger partial charge is 0.384 e. The normalized spacial score (nSPS) is 16.9. The molecule has 1 fully saturated rings. The van der Waals surface area contributed by atoms with Crippen molar-refractivity contribution in [2.24, 2.45) is 0 Å². The minimum atomic E-state index is 0.559. The summed E-state index contributed by atoms with van der Waals surface area (Å²) in [4.78, 5) is 6.47. The predicted octanol–water partition coefficient (Wildman–Crippen LogP) is 0.798. The highest BCUT2D eigenvalue weighted by Gasteiger charge is 2.08. The van der Waals surface area contributed by atoms with Crippen molar-refractivity contribution in [3.05, 3.63) is 18.3 Å². The molecule has 0 aromatic carbocycles. The summed E-state index contributed by atoms with van der Waals surface area (Å²) in [5, 5.41) is 3.34. The van der Waals surface area contributed by atoms with Gasteiger partial charge in [0.2, 0.25) is 0 Å². The Morgan fingerprint density at radius 1 is 1.35 bits per heavy atom. The Labute approximate surface area is 102 Å². The van der Waals surface area contributed by atoms with Gasteiger partial charge < -0.3 is 15.8 Å². The Morgan fingerprint density at radius 2 is 2.18 bits per heavy atom. The number of nitrogens with zero attached hydrogens (tertiary/aromatic N) is 2. The molecule has 3 N–H and O–H groups in total. The van der Waals surface area contributed by atoms with Crippen LogP contribution >= 0.6 is 0 Å². The van der Waals surface area contributed by atoms with Gasteiger partial charge in [-0.3, -0.25) is 4.90 Å². The lowest BCUT2D eigenvalue weighted by atomic mass is 10.3. The molecule has 0 atom stereocenters. The molecule has 0 saturated carbocycles. The number of anilines is 2. The van der Waals surface area contributed by atoms with Gasteiger partial charge in [0, 0.05) is 19.6 Å². The highest BCUT2D eigenvalue weighted by atomic mass is 16.5. The number of rotatable bonds is 5. The second-order valence-electron chi connectivity index (χ2n) is 4.21. The van der Waals surface area contributed by atoms with E-state index in [0.717, 1.165) is 51.5 Å². The van der Waals surface area contributed by atoms with E-state index >= 15 is 0 Å². The Balaban J connectivity index is 1.60. The molecule has 5 nitrogen and oxygen atoms in total. The smallest absolute Gasteiger partial charge is 0.123 e. The van der Waals surface area contributed by atoms with E-state index in [9.17, 15) is 0 Å². The fourth-order valence-corrected chi connectivity index (χ4v) is 1.87. The molecule has 1 aromatic heterocycles. The third-order valence-corrected chi connectivity index (χ3v) is 2.87. The summed E-state index contributed by atoms with van der Waals surface area (Å²) in [5.41, 5.74) is 6.55. The van der Waals surface area contributed by atoms with Gasteiger partial charge in [0.25, 0.3) is 0 Å². The zero-order valence-electron chi connectivity index (χ0n) is 10.1. The molecule has 2 heterocycles. The summed E-state index contributed by atoms with van der Waals surface area (Å²) in [6.07, 6.45) is 2.90. The highest BCUT2D eigenvalue weighted by Crippen LogP contribution is 2.06. The molecule has 0 aliphatic carbocycles. The summed E-state index contributed by atoms with van der Waals surface area (Å²) in [6.45, 7) is 5.94. The van der Waals surface area contributed by atoms with Gasteiger partial charge in [-0.05, 0) is 25.1 Å². The number of nitrogen functional groups attached to an aromatic ring is 1. The molecule has 17 heavy (non-hydrogen) atoms. The van der Waals surface area contributed by atoms with Crippen LogP contribution < -0.4 is 11.1 Å². The maximum atomic E-state index is 5.52. The van der Waals surface area contributed by atoms with E-state index in [4.69, 9.17) is 10.5 Å². The molecular formula is C12H20N4O. The molecule has 0 radical (unpaired) electrons. The van der Waals surface area contributed by atoms with E-state index in [1.807, 2.05) is 12.1 Å². The van der Waals surface area contributed by atoms with Crippen LogP contribution in [0.1, 0.15) is 6.42 Å². The zero-order chi connectivity index (χ0) is 11.9. The minimum Gasteiger partial charge on any atom is -0.384 e. The monoisotopic (exact) mass is 236 g/mol. The van der Waals surface area contributed by atoms with Crippen LogP contribution in [0.4, 0.5) is 11.5 Å². The molecule has 2 rings (SSSR count). The third kappa shape index (κ3) is 4.20. The van der Waals surface area contributed by atoms with Crippen molar-refractivity contribution in [1.82, 2.24) is 9.88 Å². The molecule has 0 unspecified atom stereocenters. The standard InChI is InChI=1S/C12H20N4O/c13-12-3-2-11(10-15-12)14-4-1-5-16-6-8-17-9-7-16/h2-3,10,14H,1,4-9H2,(H2,13,15). The second-order valence-corrected chi connectivity index (χ2v) is 4.21. The van der Waals surface area contributed by atoms with Gasteiger partial charge >= 0.3 is 0 Å². The Hall–Kier alpha value is -1.33. The van der Waals surface area contributed by atoms with Crippen molar-refractivity contribution >= 4 is 11.5 Å². The summed E-state index contributed by atoms with van der Waals surface area (Å²) < 4.78 is 5.31. The Bertz CT molecular complexity index is 322. The first-order chi connectivity index (χ1) is 8.34. The maximum Gasteiger partial charge on any atom is 0.123 e. The van der Waals surface area contributed by atoms with E-state index in [1.165, 1.54) is 0 Å². The topological polar surface area (TPSA) is 63.4 Å². The molecule has 1 aromatic rings. The van der Waals surface area contributed by atoms with Crippen LogP contribution in [0.3, 0.4) is 0 Å². The van der Waals surface area contributed by atoms with Crippen LogP contribution in [0.2, 0.25) is 0 Å². The van der Waals surface area contributed by atoms with Gasteiger partial charge in [-0.15, -0.1) is 0 Å². The minimum absolute atomic E-state index is 0.559. The maximum absolute atomic E-state index is 5.52.